The predicted molar refractivity (Wildman–Crippen MR) is 90.4 cm³/mol. The predicted octanol–water partition coefficient (Wildman–Crippen LogP) is 5.10. The van der Waals surface area contributed by atoms with E-state index in [4.69, 9.17) is 0 Å². The second kappa shape index (κ2) is 7.28. The van der Waals surface area contributed by atoms with Gasteiger partial charge in [-0.15, -0.1) is 0 Å². The Morgan fingerprint density at radius 3 is 1.80 bits per heavy atom. The molecule has 113 valence electrons. The van der Waals surface area contributed by atoms with Gasteiger partial charge >= 0.3 is 0 Å². The Morgan fingerprint density at radius 2 is 1.40 bits per heavy atom. The number of nitrogens with zero attached hydrogens (tertiary/aromatic N) is 1. The van der Waals surface area contributed by atoms with Crippen LogP contribution in [0.15, 0.2) is 30.3 Å². The van der Waals surface area contributed by atoms with E-state index in [1.165, 1.54) is 38.0 Å². The van der Waals surface area contributed by atoms with Crippen molar-refractivity contribution in [3.8, 4) is 0 Å². The molecule has 0 N–H and O–H groups in total. The lowest BCUT2D eigenvalue weighted by Gasteiger charge is -2.28. The summed E-state index contributed by atoms with van der Waals surface area (Å²) in [5.41, 5.74) is 1.39. The number of benzene rings is 1. The van der Waals surface area contributed by atoms with E-state index in [9.17, 15) is 4.80 Å². The van der Waals surface area contributed by atoms with Crippen LogP contribution >= 0.6 is 0 Å². The molecule has 0 spiro atoms. The summed E-state index contributed by atoms with van der Waals surface area (Å²) in [7, 11) is -2.11. The first-order chi connectivity index (χ1) is 9.22. The van der Waals surface area contributed by atoms with Crippen molar-refractivity contribution in [1.29, 1.82) is 0 Å². The Morgan fingerprint density at radius 1 is 0.950 bits per heavy atom. The minimum absolute atomic E-state index is 0.0208. The minimum atomic E-state index is -2.11. The van der Waals surface area contributed by atoms with Gasteiger partial charge in [-0.1, -0.05) is 39.0 Å². The van der Waals surface area contributed by atoms with Crippen molar-refractivity contribution in [2.24, 2.45) is 0 Å². The summed E-state index contributed by atoms with van der Waals surface area (Å²) in [6.45, 7) is 12.2. The van der Waals surface area contributed by atoms with Crippen molar-refractivity contribution in [3.05, 3.63) is 30.3 Å². The fourth-order valence-corrected chi connectivity index (χ4v) is 1.79. The lowest BCUT2D eigenvalue weighted by molar-refractivity contribution is 0.390. The Hall–Kier alpha value is -0.803. The average molecular weight is 293 g/mol. The maximum absolute atomic E-state index is 11.3. The van der Waals surface area contributed by atoms with Crippen molar-refractivity contribution < 1.29 is 4.80 Å². The van der Waals surface area contributed by atoms with Crippen molar-refractivity contribution in [2.45, 2.75) is 58.2 Å². The van der Waals surface area contributed by atoms with E-state index in [0.29, 0.717) is 0 Å². The first-order valence-corrected chi connectivity index (χ1v) is 10.6. The van der Waals surface area contributed by atoms with Gasteiger partial charge in [0.05, 0.1) is 0 Å². The van der Waals surface area contributed by atoms with Gasteiger partial charge in [0, 0.05) is 18.8 Å². The highest BCUT2D eigenvalue weighted by molar-refractivity contribution is 6.72. The largest absolute Gasteiger partial charge is 0.372 e. The standard InChI is InChI=1S/C11H15N.C6H15OSi/c1-3-7-11(8-4-1)12-9-5-2-6-10-12;1-6(2,3)8(4,5)7/h1,3-4,7-8H,2,5-6,9-10H2;1-5H3. The van der Waals surface area contributed by atoms with Crippen LogP contribution in [0.2, 0.25) is 18.1 Å². The molecule has 1 aliphatic heterocycles. The molecule has 0 aliphatic carbocycles. The zero-order chi connectivity index (χ0) is 15.2. The van der Waals surface area contributed by atoms with Crippen LogP contribution in [0.5, 0.6) is 0 Å². The number of para-hydroxylation sites is 1. The van der Waals surface area contributed by atoms with Gasteiger partial charge in [-0.05, 0) is 49.5 Å². The van der Waals surface area contributed by atoms with Gasteiger partial charge in [0.25, 0.3) is 0 Å². The van der Waals surface area contributed by atoms with E-state index < -0.39 is 8.32 Å². The van der Waals surface area contributed by atoms with E-state index in [1.807, 2.05) is 33.9 Å². The molecule has 1 aromatic carbocycles. The molecule has 1 fully saturated rings. The van der Waals surface area contributed by atoms with Gasteiger partial charge in [0.15, 0.2) is 0 Å². The molecule has 1 aromatic rings. The van der Waals surface area contributed by atoms with Crippen molar-refractivity contribution >= 4 is 14.0 Å². The Bertz CT molecular complexity index is 360. The molecule has 3 heteroatoms. The van der Waals surface area contributed by atoms with Crippen molar-refractivity contribution in [3.63, 3.8) is 0 Å². The summed E-state index contributed by atoms with van der Waals surface area (Å²) in [6.07, 6.45) is 4.12. The van der Waals surface area contributed by atoms with Crippen LogP contribution < -0.4 is 4.90 Å². The number of hydrogen-bond donors (Lipinski definition) is 0. The average Bonchev–Trinajstić information content (AvgIpc) is 2.39. The quantitative estimate of drug-likeness (QED) is 0.660. The molecule has 2 rings (SSSR count). The lowest BCUT2D eigenvalue weighted by atomic mass is 10.1. The van der Waals surface area contributed by atoms with E-state index >= 15 is 0 Å². The van der Waals surface area contributed by atoms with Gasteiger partial charge in [-0.3, -0.25) is 4.80 Å². The first-order valence-electron chi connectivity index (χ1n) is 7.72. The number of piperidine rings is 1. The second-order valence-electron chi connectivity index (χ2n) is 7.14. The fourth-order valence-electron chi connectivity index (χ4n) is 1.79. The fraction of sp³-hybridized carbons (Fsp3) is 0.647. The topological polar surface area (TPSA) is 23.1 Å². The van der Waals surface area contributed by atoms with E-state index in [1.54, 1.807) is 0 Å². The Labute approximate surface area is 126 Å². The molecular weight excluding hydrogens is 262 g/mol. The summed E-state index contributed by atoms with van der Waals surface area (Å²) < 4.78 is 0. The van der Waals surface area contributed by atoms with Gasteiger partial charge in [-0.2, -0.15) is 0 Å². The molecule has 0 amide bonds. The van der Waals surface area contributed by atoms with Gasteiger partial charge < -0.3 is 4.90 Å². The zero-order valence-electron chi connectivity index (χ0n) is 13.8. The highest BCUT2D eigenvalue weighted by atomic mass is 28.4. The SMILES string of the molecule is CC(C)(C)[Si](C)(C)[O].c1ccc(N2CCCCC2)cc1. The summed E-state index contributed by atoms with van der Waals surface area (Å²) in [5.74, 6) is 0. The lowest BCUT2D eigenvalue weighted by Crippen LogP contribution is -2.35. The molecule has 0 bridgehead atoms. The van der Waals surface area contributed by atoms with Crippen molar-refractivity contribution in [2.75, 3.05) is 18.0 Å². The van der Waals surface area contributed by atoms with Gasteiger partial charge in [0.1, 0.15) is 0 Å². The van der Waals surface area contributed by atoms with Crippen LogP contribution in [-0.4, -0.2) is 21.4 Å². The van der Waals surface area contributed by atoms with Crippen LogP contribution in [0.1, 0.15) is 40.0 Å². The second-order valence-corrected chi connectivity index (χ2v) is 11.7. The summed E-state index contributed by atoms with van der Waals surface area (Å²) in [5, 5.41) is 0.0208. The maximum atomic E-state index is 11.3. The molecule has 1 aliphatic rings. The first kappa shape index (κ1) is 17.2. The Kier molecular flexibility index (Phi) is 6.27. The third-order valence-corrected chi connectivity index (χ3v) is 7.90. The molecule has 20 heavy (non-hydrogen) atoms. The molecule has 1 radical (unpaired) electrons. The van der Waals surface area contributed by atoms with Crippen LogP contribution in [0.3, 0.4) is 0 Å². The van der Waals surface area contributed by atoms with Crippen LogP contribution in [0, 0.1) is 0 Å². The molecule has 0 unspecified atom stereocenters. The maximum Gasteiger partial charge on any atom is 0.236 e. The highest BCUT2D eigenvalue weighted by Gasteiger charge is 2.35. The summed E-state index contributed by atoms with van der Waals surface area (Å²) in [4.78, 5) is 13.7. The van der Waals surface area contributed by atoms with Gasteiger partial charge in [-0.25, -0.2) is 0 Å². The molecule has 1 heterocycles. The monoisotopic (exact) mass is 292 g/mol. The smallest absolute Gasteiger partial charge is 0.236 e. The van der Waals surface area contributed by atoms with Gasteiger partial charge in [0.2, 0.25) is 8.32 Å². The third kappa shape index (κ3) is 5.67. The van der Waals surface area contributed by atoms with E-state index in [0.717, 1.165) is 0 Å². The normalized spacial score (nSPS) is 16.4. The molecule has 0 saturated carbocycles. The number of hydrogen-bond acceptors (Lipinski definition) is 1. The van der Waals surface area contributed by atoms with Crippen molar-refractivity contribution in [1.82, 2.24) is 0 Å². The summed E-state index contributed by atoms with van der Waals surface area (Å²) >= 11 is 0. The molecule has 0 aromatic heterocycles. The third-order valence-electron chi connectivity index (χ3n) is 4.28. The number of rotatable bonds is 1. The molecule has 1 saturated heterocycles. The van der Waals surface area contributed by atoms with Crippen LogP contribution in [0.25, 0.3) is 0 Å². The molecular formula is C17H30NOSi. The summed E-state index contributed by atoms with van der Waals surface area (Å²) in [6, 6.07) is 10.7. The molecule has 0 atom stereocenters. The van der Waals surface area contributed by atoms with Crippen LogP contribution in [-0.2, 0) is 4.80 Å². The zero-order valence-corrected chi connectivity index (χ0v) is 14.8. The van der Waals surface area contributed by atoms with Crippen LogP contribution in [0.4, 0.5) is 5.69 Å². The van der Waals surface area contributed by atoms with E-state index in [2.05, 4.69) is 35.2 Å². The molecule has 2 nitrogen and oxygen atoms in total. The number of anilines is 1. The highest BCUT2D eigenvalue weighted by Crippen LogP contribution is 2.33. The van der Waals surface area contributed by atoms with E-state index in [-0.39, 0.29) is 5.04 Å². The minimum Gasteiger partial charge on any atom is -0.372 e. The Balaban J connectivity index is 0.000000221.